The van der Waals surface area contributed by atoms with Gasteiger partial charge in [0.2, 0.25) is 0 Å². The van der Waals surface area contributed by atoms with Gasteiger partial charge >= 0.3 is 0 Å². The molecule has 0 amide bonds. The zero-order valence-electron chi connectivity index (χ0n) is 13.1. The Hall–Kier alpha value is -2.36. The number of rotatable bonds is 4. The molecule has 1 aromatic carbocycles. The van der Waals surface area contributed by atoms with Crippen molar-refractivity contribution in [3.63, 3.8) is 0 Å². The summed E-state index contributed by atoms with van der Waals surface area (Å²) < 4.78 is 10.5. The van der Waals surface area contributed by atoms with Gasteiger partial charge < -0.3 is 9.47 Å². The van der Waals surface area contributed by atoms with E-state index in [2.05, 4.69) is 9.97 Å². The lowest BCUT2D eigenvalue weighted by Crippen LogP contribution is -1.98. The molecule has 0 aliphatic heterocycles. The first kappa shape index (κ1) is 15.0. The normalized spacial score (nSPS) is 10.9. The molecule has 4 nitrogen and oxygen atoms in total. The van der Waals surface area contributed by atoms with E-state index in [4.69, 9.17) is 9.47 Å². The molecular formula is C17H20N2O2. The summed E-state index contributed by atoms with van der Waals surface area (Å²) in [5.74, 6) is 1.52. The molecule has 4 heteroatoms. The largest absolute Gasteiger partial charge is 0.497 e. The van der Waals surface area contributed by atoms with E-state index in [0.29, 0.717) is 0 Å². The van der Waals surface area contributed by atoms with Crippen LogP contribution in [-0.2, 0) is 0 Å². The lowest BCUT2D eigenvalue weighted by atomic mass is 10.1. The van der Waals surface area contributed by atoms with Gasteiger partial charge in [0, 0.05) is 6.07 Å². The highest BCUT2D eigenvalue weighted by Crippen LogP contribution is 2.24. The van der Waals surface area contributed by atoms with Gasteiger partial charge in [0.1, 0.15) is 11.5 Å². The van der Waals surface area contributed by atoms with Crippen LogP contribution in [0.4, 0.5) is 0 Å². The van der Waals surface area contributed by atoms with Crippen molar-refractivity contribution < 1.29 is 9.47 Å². The highest BCUT2D eigenvalue weighted by molar-refractivity contribution is 5.70. The van der Waals surface area contributed by atoms with Gasteiger partial charge in [0.05, 0.1) is 37.0 Å². The first-order chi connectivity index (χ1) is 10.0. The Bertz CT molecular complexity index is 656. The van der Waals surface area contributed by atoms with Crippen LogP contribution in [0.15, 0.2) is 18.2 Å². The zero-order valence-corrected chi connectivity index (χ0v) is 13.1. The minimum absolute atomic E-state index is 0.761. The van der Waals surface area contributed by atoms with E-state index in [1.165, 1.54) is 0 Å². The number of methoxy groups -OCH3 is 2. The summed E-state index contributed by atoms with van der Waals surface area (Å²) in [6.45, 7) is 5.90. The summed E-state index contributed by atoms with van der Waals surface area (Å²) in [6, 6.07) is 5.74. The minimum Gasteiger partial charge on any atom is -0.497 e. The van der Waals surface area contributed by atoms with Gasteiger partial charge in [-0.1, -0.05) is 6.08 Å². The molecule has 21 heavy (non-hydrogen) atoms. The SMILES string of the molecule is COc1cc(/C=C/c2nc(C)c(C)nc2C)cc(OC)c1. The fraction of sp³-hybridized carbons (Fsp3) is 0.294. The van der Waals surface area contributed by atoms with Crippen LogP contribution in [0, 0.1) is 20.8 Å². The molecule has 0 saturated carbocycles. The van der Waals surface area contributed by atoms with Crippen molar-refractivity contribution >= 4 is 12.2 Å². The Morgan fingerprint density at radius 3 is 1.90 bits per heavy atom. The summed E-state index contributed by atoms with van der Waals surface area (Å²) in [6.07, 6.45) is 3.94. The maximum atomic E-state index is 5.27. The van der Waals surface area contributed by atoms with Crippen LogP contribution in [0.5, 0.6) is 11.5 Å². The standard InChI is InChI=1S/C17H20N2O2/c1-11-12(2)19-17(13(3)18-11)7-6-14-8-15(20-4)10-16(9-14)21-5/h6-10H,1-5H3/b7-6+. The average Bonchev–Trinajstić information content (AvgIpc) is 2.49. The van der Waals surface area contributed by atoms with Crippen molar-refractivity contribution in [2.75, 3.05) is 14.2 Å². The molecule has 0 spiro atoms. The molecule has 0 bridgehead atoms. The van der Waals surface area contributed by atoms with E-state index >= 15 is 0 Å². The topological polar surface area (TPSA) is 44.2 Å². The fourth-order valence-corrected chi connectivity index (χ4v) is 1.99. The van der Waals surface area contributed by atoms with Gasteiger partial charge in [-0.25, -0.2) is 4.98 Å². The van der Waals surface area contributed by atoms with Crippen LogP contribution in [0.1, 0.15) is 28.3 Å². The lowest BCUT2D eigenvalue weighted by Gasteiger charge is -2.06. The highest BCUT2D eigenvalue weighted by Gasteiger charge is 2.03. The van der Waals surface area contributed by atoms with Gasteiger partial charge in [-0.3, -0.25) is 4.98 Å². The number of nitrogens with zero attached hydrogens (tertiary/aromatic N) is 2. The van der Waals surface area contributed by atoms with E-state index in [-0.39, 0.29) is 0 Å². The molecule has 1 aromatic heterocycles. The Kier molecular flexibility index (Phi) is 4.58. The Balaban J connectivity index is 2.35. The van der Waals surface area contributed by atoms with Crippen molar-refractivity contribution in [1.29, 1.82) is 0 Å². The summed E-state index contributed by atoms with van der Waals surface area (Å²) in [4.78, 5) is 9.05. The maximum Gasteiger partial charge on any atom is 0.123 e. The molecule has 0 aliphatic carbocycles. The smallest absolute Gasteiger partial charge is 0.123 e. The van der Waals surface area contributed by atoms with E-state index in [9.17, 15) is 0 Å². The van der Waals surface area contributed by atoms with Gasteiger partial charge in [-0.05, 0) is 44.5 Å². The van der Waals surface area contributed by atoms with Crippen LogP contribution < -0.4 is 9.47 Å². The lowest BCUT2D eigenvalue weighted by molar-refractivity contribution is 0.394. The van der Waals surface area contributed by atoms with Crippen molar-refractivity contribution in [2.24, 2.45) is 0 Å². The number of benzene rings is 1. The number of aryl methyl sites for hydroxylation is 3. The van der Waals surface area contributed by atoms with Gasteiger partial charge in [-0.15, -0.1) is 0 Å². The molecule has 0 N–H and O–H groups in total. The third-order valence-electron chi connectivity index (χ3n) is 3.33. The third-order valence-corrected chi connectivity index (χ3v) is 3.33. The number of hydrogen-bond donors (Lipinski definition) is 0. The number of aromatic nitrogens is 2. The Morgan fingerprint density at radius 2 is 1.33 bits per heavy atom. The van der Waals surface area contributed by atoms with E-state index < -0.39 is 0 Å². The van der Waals surface area contributed by atoms with E-state index in [1.807, 2.05) is 51.1 Å². The quantitative estimate of drug-likeness (QED) is 0.860. The van der Waals surface area contributed by atoms with Gasteiger partial charge in [-0.2, -0.15) is 0 Å². The molecule has 0 aliphatic rings. The summed E-state index contributed by atoms with van der Waals surface area (Å²) >= 11 is 0. The average molecular weight is 284 g/mol. The highest BCUT2D eigenvalue weighted by atomic mass is 16.5. The molecule has 110 valence electrons. The first-order valence-electron chi connectivity index (χ1n) is 6.76. The molecular weight excluding hydrogens is 264 g/mol. The third kappa shape index (κ3) is 3.60. The van der Waals surface area contributed by atoms with Crippen LogP contribution in [-0.4, -0.2) is 24.2 Å². The first-order valence-corrected chi connectivity index (χ1v) is 6.76. The molecule has 0 fully saturated rings. The molecule has 0 radical (unpaired) electrons. The summed E-state index contributed by atoms with van der Waals surface area (Å²) in [5.41, 5.74) is 4.70. The second-order valence-electron chi connectivity index (χ2n) is 4.84. The van der Waals surface area contributed by atoms with Crippen LogP contribution >= 0.6 is 0 Å². The predicted molar refractivity (Wildman–Crippen MR) is 84.7 cm³/mol. The predicted octanol–water partition coefficient (Wildman–Crippen LogP) is 3.59. The minimum atomic E-state index is 0.761. The van der Waals surface area contributed by atoms with Crippen molar-refractivity contribution in [3.05, 3.63) is 46.5 Å². The second-order valence-corrected chi connectivity index (χ2v) is 4.84. The van der Waals surface area contributed by atoms with Crippen molar-refractivity contribution in [2.45, 2.75) is 20.8 Å². The molecule has 0 atom stereocenters. The molecule has 0 saturated heterocycles. The van der Waals surface area contributed by atoms with Gasteiger partial charge in [0.25, 0.3) is 0 Å². The number of hydrogen-bond acceptors (Lipinski definition) is 4. The zero-order chi connectivity index (χ0) is 15.4. The Morgan fingerprint density at radius 1 is 0.762 bits per heavy atom. The van der Waals surface area contributed by atoms with Crippen molar-refractivity contribution in [3.8, 4) is 11.5 Å². The second kappa shape index (κ2) is 6.39. The van der Waals surface area contributed by atoms with Gasteiger partial charge in [0.15, 0.2) is 0 Å². The number of ether oxygens (including phenoxy) is 2. The van der Waals surface area contributed by atoms with Crippen LogP contribution in [0.25, 0.3) is 12.2 Å². The van der Waals surface area contributed by atoms with Crippen LogP contribution in [0.3, 0.4) is 0 Å². The molecule has 2 rings (SSSR count). The monoisotopic (exact) mass is 284 g/mol. The van der Waals surface area contributed by atoms with E-state index in [0.717, 1.165) is 39.8 Å². The molecule has 2 aromatic rings. The maximum absolute atomic E-state index is 5.27. The summed E-state index contributed by atoms with van der Waals surface area (Å²) in [7, 11) is 3.28. The van der Waals surface area contributed by atoms with E-state index in [1.54, 1.807) is 14.2 Å². The molecule has 0 unspecified atom stereocenters. The molecule has 1 heterocycles. The van der Waals surface area contributed by atoms with Crippen molar-refractivity contribution in [1.82, 2.24) is 9.97 Å². The summed E-state index contributed by atoms with van der Waals surface area (Å²) in [5, 5.41) is 0. The van der Waals surface area contributed by atoms with Crippen LogP contribution in [0.2, 0.25) is 0 Å². The fourth-order valence-electron chi connectivity index (χ4n) is 1.99. The Labute approximate surface area is 125 Å².